The number of hydrogen-bond donors (Lipinski definition) is 2. The Balaban J connectivity index is 0.000000406. The molecule has 2 heterocycles. The Kier molecular flexibility index (Phi) is 8.22. The Labute approximate surface area is 195 Å². The van der Waals surface area contributed by atoms with Crippen molar-refractivity contribution in [3.63, 3.8) is 0 Å². The van der Waals surface area contributed by atoms with E-state index in [9.17, 15) is 18.0 Å². The molecule has 0 fully saturated rings. The van der Waals surface area contributed by atoms with Crippen LogP contribution < -0.4 is 5.32 Å². The fourth-order valence-electron chi connectivity index (χ4n) is 3.81. The highest BCUT2D eigenvalue weighted by atomic mass is 19.4. The largest absolute Gasteiger partial charge is 0.490 e. The van der Waals surface area contributed by atoms with Gasteiger partial charge < -0.3 is 15.3 Å². The molecule has 1 unspecified atom stereocenters. The van der Waals surface area contributed by atoms with Gasteiger partial charge in [-0.05, 0) is 47.1 Å². The van der Waals surface area contributed by atoms with Crippen LogP contribution >= 0.6 is 0 Å². The number of benzene rings is 2. The molecule has 3 aromatic rings. The molecular formula is C25H26F3N3O3. The van der Waals surface area contributed by atoms with Gasteiger partial charge in [-0.2, -0.15) is 13.2 Å². The Morgan fingerprint density at radius 3 is 2.53 bits per heavy atom. The van der Waals surface area contributed by atoms with Crippen molar-refractivity contribution >= 4 is 22.6 Å². The maximum absolute atomic E-state index is 12.6. The number of amides is 1. The standard InChI is InChI=1S/C23H25N3O.C2HF3O2/c1-26(16-17-6-7-21-14-24-11-10-19(21)12-17)23(27)9-8-22-13-18-4-2-3-5-20(18)15-25-22;3-2(4,5)1(6)7/h2-7,10-12,14,22,25H,8-9,13,15-16H2,1H3;(H,6,7). The molecule has 4 rings (SSSR count). The zero-order valence-electron chi connectivity index (χ0n) is 18.7. The number of carboxylic acids is 1. The number of nitrogens with zero attached hydrogens (tertiary/aromatic N) is 2. The molecule has 6 nitrogen and oxygen atoms in total. The van der Waals surface area contributed by atoms with Gasteiger partial charge in [-0.1, -0.05) is 36.4 Å². The average molecular weight is 473 g/mol. The number of aliphatic carboxylic acids is 1. The molecule has 34 heavy (non-hydrogen) atoms. The van der Waals surface area contributed by atoms with Crippen LogP contribution in [0.25, 0.3) is 10.8 Å². The van der Waals surface area contributed by atoms with Crippen molar-refractivity contribution in [2.45, 2.75) is 44.6 Å². The number of halogens is 3. The quantitative estimate of drug-likeness (QED) is 0.577. The topological polar surface area (TPSA) is 82.5 Å². The van der Waals surface area contributed by atoms with Gasteiger partial charge in [-0.25, -0.2) is 4.79 Å². The molecular weight excluding hydrogens is 447 g/mol. The van der Waals surface area contributed by atoms with Gasteiger partial charge in [0.25, 0.3) is 0 Å². The van der Waals surface area contributed by atoms with Crippen molar-refractivity contribution in [1.29, 1.82) is 0 Å². The highest BCUT2D eigenvalue weighted by Gasteiger charge is 2.38. The van der Waals surface area contributed by atoms with E-state index in [0.717, 1.165) is 35.7 Å². The number of carbonyl (C=O) groups is 2. The van der Waals surface area contributed by atoms with Gasteiger partial charge in [-0.3, -0.25) is 9.78 Å². The first-order valence-corrected chi connectivity index (χ1v) is 10.8. The lowest BCUT2D eigenvalue weighted by Crippen LogP contribution is -2.37. The van der Waals surface area contributed by atoms with Crippen LogP contribution in [0.3, 0.4) is 0 Å². The van der Waals surface area contributed by atoms with Crippen LogP contribution in [0.1, 0.15) is 29.5 Å². The number of aromatic nitrogens is 1. The third-order valence-corrected chi connectivity index (χ3v) is 5.67. The van der Waals surface area contributed by atoms with Crippen molar-refractivity contribution in [1.82, 2.24) is 15.2 Å². The predicted octanol–water partition coefficient (Wildman–Crippen LogP) is 4.32. The van der Waals surface area contributed by atoms with Gasteiger partial charge >= 0.3 is 12.1 Å². The number of rotatable bonds is 5. The number of pyridine rings is 1. The van der Waals surface area contributed by atoms with Crippen molar-refractivity contribution in [3.05, 3.63) is 77.6 Å². The van der Waals surface area contributed by atoms with E-state index < -0.39 is 12.1 Å². The van der Waals surface area contributed by atoms with E-state index in [4.69, 9.17) is 9.90 Å². The summed E-state index contributed by atoms with van der Waals surface area (Å²) < 4.78 is 31.7. The summed E-state index contributed by atoms with van der Waals surface area (Å²) in [6.45, 7) is 1.54. The molecule has 2 aromatic carbocycles. The van der Waals surface area contributed by atoms with Gasteiger partial charge in [0.15, 0.2) is 0 Å². The van der Waals surface area contributed by atoms with E-state index in [1.807, 2.05) is 24.2 Å². The van der Waals surface area contributed by atoms with E-state index in [1.54, 1.807) is 6.20 Å². The smallest absolute Gasteiger partial charge is 0.475 e. The Morgan fingerprint density at radius 1 is 1.12 bits per heavy atom. The highest BCUT2D eigenvalue weighted by Crippen LogP contribution is 2.20. The Bertz CT molecular complexity index is 1150. The van der Waals surface area contributed by atoms with Crippen LogP contribution in [0.2, 0.25) is 0 Å². The molecule has 1 atom stereocenters. The third-order valence-electron chi connectivity index (χ3n) is 5.67. The molecule has 0 radical (unpaired) electrons. The lowest BCUT2D eigenvalue weighted by molar-refractivity contribution is -0.192. The fourth-order valence-corrected chi connectivity index (χ4v) is 3.81. The minimum Gasteiger partial charge on any atom is -0.475 e. The third kappa shape index (κ3) is 7.02. The first-order chi connectivity index (χ1) is 16.1. The molecule has 0 saturated carbocycles. The van der Waals surface area contributed by atoms with Crippen molar-refractivity contribution in [2.24, 2.45) is 0 Å². The Hall–Kier alpha value is -3.46. The zero-order valence-corrected chi connectivity index (χ0v) is 18.7. The molecule has 9 heteroatoms. The van der Waals surface area contributed by atoms with Crippen molar-refractivity contribution < 1.29 is 27.9 Å². The molecule has 0 aliphatic carbocycles. The first-order valence-electron chi connectivity index (χ1n) is 10.8. The van der Waals surface area contributed by atoms with E-state index >= 15 is 0 Å². The summed E-state index contributed by atoms with van der Waals surface area (Å²) in [5.41, 5.74) is 3.94. The normalized spacial score (nSPS) is 15.1. The summed E-state index contributed by atoms with van der Waals surface area (Å²) in [6.07, 6.45) is 1.04. The summed E-state index contributed by atoms with van der Waals surface area (Å²) in [4.78, 5) is 27.5. The molecule has 0 bridgehead atoms. The molecule has 1 aliphatic rings. The molecule has 0 spiro atoms. The molecule has 2 N–H and O–H groups in total. The van der Waals surface area contributed by atoms with E-state index in [2.05, 4.69) is 52.8 Å². The lowest BCUT2D eigenvalue weighted by Gasteiger charge is -2.26. The predicted molar refractivity (Wildman–Crippen MR) is 122 cm³/mol. The van der Waals surface area contributed by atoms with Gasteiger partial charge in [0.2, 0.25) is 5.91 Å². The van der Waals surface area contributed by atoms with Crippen LogP contribution in [0.4, 0.5) is 13.2 Å². The second-order valence-corrected chi connectivity index (χ2v) is 8.20. The van der Waals surface area contributed by atoms with Crippen LogP contribution in [0.5, 0.6) is 0 Å². The second-order valence-electron chi connectivity index (χ2n) is 8.20. The van der Waals surface area contributed by atoms with Crippen LogP contribution in [0.15, 0.2) is 60.9 Å². The van der Waals surface area contributed by atoms with E-state index in [1.165, 1.54) is 11.1 Å². The number of nitrogens with one attached hydrogen (secondary N) is 1. The van der Waals surface area contributed by atoms with Crippen molar-refractivity contribution in [2.75, 3.05) is 7.05 Å². The van der Waals surface area contributed by atoms with Crippen LogP contribution in [0, 0.1) is 0 Å². The monoisotopic (exact) mass is 473 g/mol. The summed E-state index contributed by atoms with van der Waals surface area (Å²) >= 11 is 0. The SMILES string of the molecule is CN(Cc1ccc2cnccc2c1)C(=O)CCC1Cc2ccccc2CN1.O=C(O)C(F)(F)F. The van der Waals surface area contributed by atoms with E-state index in [-0.39, 0.29) is 5.91 Å². The van der Waals surface area contributed by atoms with Crippen LogP contribution in [-0.2, 0) is 29.1 Å². The summed E-state index contributed by atoms with van der Waals surface area (Å²) in [5, 5.41) is 13.0. The average Bonchev–Trinajstić information content (AvgIpc) is 2.82. The minimum absolute atomic E-state index is 0.200. The second kappa shape index (κ2) is 11.1. The first kappa shape index (κ1) is 25.2. The lowest BCUT2D eigenvalue weighted by atomic mass is 9.93. The fraction of sp³-hybridized carbons (Fsp3) is 0.320. The Morgan fingerprint density at radius 2 is 1.82 bits per heavy atom. The highest BCUT2D eigenvalue weighted by molar-refractivity contribution is 5.82. The molecule has 0 saturated heterocycles. The number of fused-ring (bicyclic) bond motifs is 2. The maximum atomic E-state index is 12.6. The number of hydrogen-bond acceptors (Lipinski definition) is 4. The van der Waals surface area contributed by atoms with Gasteiger partial charge in [0.1, 0.15) is 0 Å². The molecule has 1 amide bonds. The number of carbonyl (C=O) groups excluding carboxylic acids is 1. The summed E-state index contributed by atoms with van der Waals surface area (Å²) in [6, 6.07) is 17.2. The van der Waals surface area contributed by atoms with Crippen molar-refractivity contribution in [3.8, 4) is 0 Å². The number of alkyl halides is 3. The number of carboxylic acid groups (broad SMARTS) is 1. The van der Waals surface area contributed by atoms with E-state index in [0.29, 0.717) is 19.0 Å². The van der Waals surface area contributed by atoms with Crippen LogP contribution in [-0.4, -0.2) is 46.1 Å². The van der Waals surface area contributed by atoms with Gasteiger partial charge in [0, 0.05) is 50.4 Å². The maximum Gasteiger partial charge on any atom is 0.490 e. The molecule has 1 aliphatic heterocycles. The zero-order chi connectivity index (χ0) is 24.7. The summed E-state index contributed by atoms with van der Waals surface area (Å²) in [5.74, 6) is -2.56. The molecule has 180 valence electrons. The minimum atomic E-state index is -5.08. The molecule has 1 aromatic heterocycles. The summed E-state index contributed by atoms with van der Waals surface area (Å²) in [7, 11) is 1.89. The van der Waals surface area contributed by atoms with Gasteiger partial charge in [0.05, 0.1) is 0 Å². The van der Waals surface area contributed by atoms with Gasteiger partial charge in [-0.15, -0.1) is 0 Å².